The van der Waals surface area contributed by atoms with Crippen molar-refractivity contribution >= 4 is 17.3 Å². The second kappa shape index (κ2) is 17.9. The summed E-state index contributed by atoms with van der Waals surface area (Å²) in [4.78, 5) is 15.5. The van der Waals surface area contributed by atoms with Crippen LogP contribution in [0, 0.1) is 17.8 Å². The first-order valence-corrected chi connectivity index (χ1v) is 14.2. The van der Waals surface area contributed by atoms with Crippen LogP contribution in [0.4, 0.5) is 11.4 Å². The Kier molecular flexibility index (Phi) is 16.0. The summed E-state index contributed by atoms with van der Waals surface area (Å²) in [6, 6.07) is 8.62. The van der Waals surface area contributed by atoms with Gasteiger partial charge in [0.25, 0.3) is 0 Å². The molecule has 0 radical (unpaired) electrons. The minimum atomic E-state index is 0.113. The van der Waals surface area contributed by atoms with Crippen LogP contribution in [0.3, 0.4) is 0 Å². The molecular weight excluding hydrogens is 404 g/mol. The molecule has 0 saturated carbocycles. The van der Waals surface area contributed by atoms with Gasteiger partial charge in [0.2, 0.25) is 5.91 Å². The van der Waals surface area contributed by atoms with Crippen molar-refractivity contribution in [1.29, 1.82) is 0 Å². The SMILES string of the molecule is CCCCC(CC)CN(CC(CC)CCCC)c1cccc(NC(=O)C(CC)CCCC)c1. The summed E-state index contributed by atoms with van der Waals surface area (Å²) in [6.45, 7) is 15.8. The Bertz CT molecular complexity index is 611. The van der Waals surface area contributed by atoms with Crippen LogP contribution < -0.4 is 10.2 Å². The molecule has 0 heterocycles. The highest BCUT2D eigenvalue weighted by molar-refractivity contribution is 5.93. The Morgan fingerprint density at radius 2 is 1.33 bits per heavy atom. The summed E-state index contributed by atoms with van der Waals surface area (Å²) in [5.74, 6) is 1.75. The van der Waals surface area contributed by atoms with Gasteiger partial charge in [0.1, 0.15) is 0 Å². The number of hydrogen-bond donors (Lipinski definition) is 1. The van der Waals surface area contributed by atoms with Gasteiger partial charge in [0.15, 0.2) is 0 Å². The number of anilines is 2. The zero-order valence-corrected chi connectivity index (χ0v) is 22.8. The van der Waals surface area contributed by atoms with Gasteiger partial charge in [-0.1, -0.05) is 99.0 Å². The van der Waals surface area contributed by atoms with Crippen LogP contribution in [-0.2, 0) is 4.79 Å². The Labute approximate surface area is 206 Å². The number of unbranched alkanes of at least 4 members (excludes halogenated alkanes) is 3. The molecule has 0 aliphatic carbocycles. The van der Waals surface area contributed by atoms with E-state index in [1.54, 1.807) is 0 Å². The number of amides is 1. The molecule has 3 nitrogen and oxygen atoms in total. The number of hydrogen-bond acceptors (Lipinski definition) is 2. The molecule has 0 saturated heterocycles. The lowest BCUT2D eigenvalue weighted by Gasteiger charge is -2.33. The van der Waals surface area contributed by atoms with Crippen molar-refractivity contribution in [3.05, 3.63) is 24.3 Å². The maximum atomic E-state index is 12.9. The Morgan fingerprint density at radius 3 is 1.82 bits per heavy atom. The van der Waals surface area contributed by atoms with Gasteiger partial charge >= 0.3 is 0 Å². The van der Waals surface area contributed by atoms with Gasteiger partial charge in [-0.2, -0.15) is 0 Å². The predicted octanol–water partition coefficient (Wildman–Crippen LogP) is 9.08. The first-order chi connectivity index (χ1) is 16.0. The van der Waals surface area contributed by atoms with Gasteiger partial charge in [-0.15, -0.1) is 0 Å². The standard InChI is InChI=1S/C30H54N2O/c1-7-13-17-25(10-4)23-32(24-26(11-5)18-14-8-2)29-21-16-20-28(22-29)31-30(33)27(12-6)19-15-9-3/h16,20-22,25-27H,7-15,17-19,23-24H2,1-6H3,(H,31,33). The van der Waals surface area contributed by atoms with Crippen molar-refractivity contribution in [2.75, 3.05) is 23.3 Å². The summed E-state index contributed by atoms with van der Waals surface area (Å²) in [6.07, 6.45) is 14.4. The van der Waals surface area contributed by atoms with E-state index in [-0.39, 0.29) is 11.8 Å². The fourth-order valence-electron chi connectivity index (χ4n) is 4.74. The highest BCUT2D eigenvalue weighted by Crippen LogP contribution is 2.27. The molecule has 1 amide bonds. The largest absolute Gasteiger partial charge is 0.371 e. The molecule has 0 aliphatic rings. The molecule has 33 heavy (non-hydrogen) atoms. The van der Waals surface area contributed by atoms with Gasteiger partial charge in [-0.25, -0.2) is 0 Å². The average Bonchev–Trinajstić information content (AvgIpc) is 2.83. The van der Waals surface area contributed by atoms with E-state index in [9.17, 15) is 4.79 Å². The third-order valence-corrected chi connectivity index (χ3v) is 7.29. The molecule has 0 bridgehead atoms. The van der Waals surface area contributed by atoms with E-state index < -0.39 is 0 Å². The first kappa shape index (κ1) is 29.5. The third kappa shape index (κ3) is 11.5. The zero-order chi connectivity index (χ0) is 24.5. The van der Waals surface area contributed by atoms with Crippen LogP contribution >= 0.6 is 0 Å². The Morgan fingerprint density at radius 1 is 0.788 bits per heavy atom. The smallest absolute Gasteiger partial charge is 0.227 e. The number of benzene rings is 1. The van der Waals surface area contributed by atoms with E-state index in [1.807, 2.05) is 0 Å². The van der Waals surface area contributed by atoms with Crippen molar-refractivity contribution in [2.24, 2.45) is 17.8 Å². The molecule has 0 aliphatic heterocycles. The maximum Gasteiger partial charge on any atom is 0.227 e. The normalized spacial score (nSPS) is 14.0. The van der Waals surface area contributed by atoms with Crippen LogP contribution in [0.1, 0.15) is 119 Å². The molecule has 3 heteroatoms. The second-order valence-electron chi connectivity index (χ2n) is 10.0. The Balaban J connectivity index is 3.04. The summed E-state index contributed by atoms with van der Waals surface area (Å²) < 4.78 is 0. The van der Waals surface area contributed by atoms with Crippen molar-refractivity contribution in [1.82, 2.24) is 0 Å². The van der Waals surface area contributed by atoms with E-state index in [1.165, 1.54) is 57.1 Å². The summed E-state index contributed by atoms with van der Waals surface area (Å²) >= 11 is 0. The number of rotatable bonds is 19. The maximum absolute atomic E-state index is 12.9. The molecule has 3 atom stereocenters. The van der Waals surface area contributed by atoms with Crippen LogP contribution in [0.5, 0.6) is 0 Å². The van der Waals surface area contributed by atoms with Crippen molar-refractivity contribution in [2.45, 2.75) is 119 Å². The third-order valence-electron chi connectivity index (χ3n) is 7.29. The molecule has 1 aromatic rings. The first-order valence-electron chi connectivity index (χ1n) is 14.2. The molecule has 0 aromatic heterocycles. The molecule has 3 unspecified atom stereocenters. The predicted molar refractivity (Wildman–Crippen MR) is 147 cm³/mol. The monoisotopic (exact) mass is 458 g/mol. The van der Waals surface area contributed by atoms with Gasteiger partial charge in [-0.05, 0) is 55.7 Å². The molecule has 1 aromatic carbocycles. The summed E-state index contributed by atoms with van der Waals surface area (Å²) in [5.41, 5.74) is 2.21. The van der Waals surface area contributed by atoms with Crippen molar-refractivity contribution < 1.29 is 4.79 Å². The van der Waals surface area contributed by atoms with Gasteiger partial charge < -0.3 is 10.2 Å². The number of carbonyl (C=O) groups excluding carboxylic acids is 1. The minimum Gasteiger partial charge on any atom is -0.371 e. The highest BCUT2D eigenvalue weighted by atomic mass is 16.1. The summed E-state index contributed by atoms with van der Waals surface area (Å²) in [7, 11) is 0. The topological polar surface area (TPSA) is 32.3 Å². The molecule has 0 spiro atoms. The van der Waals surface area contributed by atoms with Crippen molar-refractivity contribution in [3.63, 3.8) is 0 Å². The van der Waals surface area contributed by atoms with E-state index in [4.69, 9.17) is 0 Å². The minimum absolute atomic E-state index is 0.113. The molecule has 190 valence electrons. The number of nitrogens with zero attached hydrogens (tertiary/aromatic N) is 1. The van der Waals surface area contributed by atoms with Crippen LogP contribution in [0.25, 0.3) is 0 Å². The van der Waals surface area contributed by atoms with Crippen LogP contribution in [-0.4, -0.2) is 19.0 Å². The van der Waals surface area contributed by atoms with Crippen molar-refractivity contribution in [3.8, 4) is 0 Å². The van der Waals surface area contributed by atoms with E-state index in [0.29, 0.717) is 0 Å². The number of carbonyl (C=O) groups is 1. The summed E-state index contributed by atoms with van der Waals surface area (Å²) in [5, 5.41) is 3.23. The quantitative estimate of drug-likeness (QED) is 0.224. The second-order valence-corrected chi connectivity index (χ2v) is 10.0. The molecule has 1 N–H and O–H groups in total. The molecule has 0 fully saturated rings. The zero-order valence-electron chi connectivity index (χ0n) is 22.8. The van der Waals surface area contributed by atoms with Gasteiger partial charge in [0.05, 0.1) is 0 Å². The fraction of sp³-hybridized carbons (Fsp3) is 0.767. The molecular formula is C30H54N2O. The molecule has 1 rings (SSSR count). The fourth-order valence-corrected chi connectivity index (χ4v) is 4.74. The van der Waals surface area contributed by atoms with E-state index in [0.717, 1.165) is 56.3 Å². The lowest BCUT2D eigenvalue weighted by molar-refractivity contribution is -0.120. The lowest BCUT2D eigenvalue weighted by Crippen LogP contribution is -2.34. The van der Waals surface area contributed by atoms with Crippen LogP contribution in [0.15, 0.2) is 24.3 Å². The van der Waals surface area contributed by atoms with E-state index >= 15 is 0 Å². The van der Waals surface area contributed by atoms with Gasteiger partial charge in [-0.3, -0.25) is 4.79 Å². The van der Waals surface area contributed by atoms with Crippen LogP contribution in [0.2, 0.25) is 0 Å². The van der Waals surface area contributed by atoms with E-state index in [2.05, 4.69) is 76.0 Å². The average molecular weight is 459 g/mol. The Hall–Kier alpha value is -1.51. The number of nitrogens with one attached hydrogen (secondary N) is 1. The lowest BCUT2D eigenvalue weighted by atomic mass is 9.95. The van der Waals surface area contributed by atoms with Gasteiger partial charge in [0, 0.05) is 30.4 Å². The highest BCUT2D eigenvalue weighted by Gasteiger charge is 2.19.